The number of carbonyl (C=O) groups is 3. The van der Waals surface area contributed by atoms with Crippen LogP contribution in [0.4, 0.5) is 0 Å². The van der Waals surface area contributed by atoms with Gasteiger partial charge in [0.25, 0.3) is 0 Å². The molecule has 1 N–H and O–H groups in total. The summed E-state index contributed by atoms with van der Waals surface area (Å²) in [5.41, 5.74) is -1.17. The molecule has 1 aliphatic heterocycles. The van der Waals surface area contributed by atoms with Crippen LogP contribution in [0.2, 0.25) is 0 Å². The second-order valence-electron chi connectivity index (χ2n) is 11.3. The molecule has 0 radical (unpaired) electrons. The number of hydrogen-bond donors (Lipinski definition) is 1. The minimum absolute atomic E-state index is 0.00949. The van der Waals surface area contributed by atoms with Crippen molar-refractivity contribution >= 4 is 17.5 Å². The molecule has 0 amide bonds. The van der Waals surface area contributed by atoms with Gasteiger partial charge in [-0.2, -0.15) is 0 Å². The van der Waals surface area contributed by atoms with Crippen LogP contribution in [0, 0.1) is 28.6 Å². The Bertz CT molecular complexity index is 968. The molecule has 0 bridgehead atoms. The lowest BCUT2D eigenvalue weighted by molar-refractivity contribution is -0.201. The first-order valence-corrected chi connectivity index (χ1v) is 12.7. The molecule has 0 spiro atoms. The summed E-state index contributed by atoms with van der Waals surface area (Å²) in [4.78, 5) is 37.3. The average Bonchev–Trinajstić information content (AvgIpc) is 3.25. The number of carbonyl (C=O) groups excluding carboxylic acids is 3. The van der Waals surface area contributed by atoms with Crippen molar-refractivity contribution in [1.82, 2.24) is 0 Å². The number of Topliss-reactive ketones (excluding diaryl/α,β-unsaturated/α-hetero) is 1. The summed E-state index contributed by atoms with van der Waals surface area (Å²) in [6.45, 7) is 7.18. The minimum atomic E-state index is -1.24. The highest BCUT2D eigenvalue weighted by Crippen LogP contribution is 2.69. The summed E-state index contributed by atoms with van der Waals surface area (Å²) in [6.07, 6.45) is 8.04. The highest BCUT2D eigenvalue weighted by atomic mass is 16.7. The van der Waals surface area contributed by atoms with Gasteiger partial charge in [-0.05, 0) is 56.1 Å². The summed E-state index contributed by atoms with van der Waals surface area (Å²) in [6, 6.07) is 0. The number of fused-ring (bicyclic) bond motifs is 7. The first kappa shape index (κ1) is 23.9. The van der Waals surface area contributed by atoms with Crippen LogP contribution in [0.1, 0.15) is 66.2 Å². The fourth-order valence-electron chi connectivity index (χ4n) is 8.28. The Labute approximate surface area is 200 Å². The van der Waals surface area contributed by atoms with E-state index in [1.54, 1.807) is 12.2 Å². The summed E-state index contributed by atoms with van der Waals surface area (Å²) in [5.74, 6) is -0.538. The van der Waals surface area contributed by atoms with Gasteiger partial charge in [0, 0.05) is 23.7 Å². The molecular formula is C27H36O7. The van der Waals surface area contributed by atoms with Gasteiger partial charge in [-0.3, -0.25) is 14.4 Å². The summed E-state index contributed by atoms with van der Waals surface area (Å²) in [5, 5.41) is 11.7. The highest BCUT2D eigenvalue weighted by Gasteiger charge is 2.75. The summed E-state index contributed by atoms with van der Waals surface area (Å²) in [7, 11) is 0. The second-order valence-corrected chi connectivity index (χ2v) is 11.3. The van der Waals surface area contributed by atoms with Crippen molar-refractivity contribution in [3.05, 3.63) is 23.8 Å². The zero-order valence-electron chi connectivity index (χ0n) is 20.5. The van der Waals surface area contributed by atoms with Gasteiger partial charge < -0.3 is 19.3 Å². The molecule has 0 aromatic heterocycles. The second kappa shape index (κ2) is 8.10. The number of esters is 1. The Morgan fingerprint density at radius 1 is 1.29 bits per heavy atom. The van der Waals surface area contributed by atoms with Crippen molar-refractivity contribution in [1.29, 1.82) is 0 Å². The van der Waals surface area contributed by atoms with Crippen molar-refractivity contribution in [3.63, 3.8) is 0 Å². The minimum Gasteiger partial charge on any atom is -0.458 e. The van der Waals surface area contributed by atoms with Gasteiger partial charge in [-0.15, -0.1) is 0 Å². The van der Waals surface area contributed by atoms with Gasteiger partial charge in [0.2, 0.25) is 5.78 Å². The molecule has 0 aromatic rings. The fraction of sp³-hybridized carbons (Fsp3) is 0.741. The number of rotatable bonds is 5. The Kier molecular flexibility index (Phi) is 5.69. The highest BCUT2D eigenvalue weighted by molar-refractivity contribution is 6.01. The number of aliphatic hydroxyl groups excluding tert-OH is 1. The van der Waals surface area contributed by atoms with E-state index in [1.807, 2.05) is 13.0 Å². The standard InChI is InChI=1S/C27H36O7/c1-5-6-23-33-22-12-19-18-8-7-16-11-17(29)9-10-25(16,3)24(18)20(30)13-26(19,4)27(22,34-23)21(31)14-32-15(2)28/h9-11,18-20,22-24,30H,5-8,12-14H2,1-4H3/t18-,19+,20-,22-,23?,24-,25-,26-,27+/m0/s1. The lowest BCUT2D eigenvalue weighted by Crippen LogP contribution is -2.63. The Morgan fingerprint density at radius 2 is 2.06 bits per heavy atom. The Balaban J connectivity index is 1.53. The predicted molar refractivity (Wildman–Crippen MR) is 122 cm³/mol. The lowest BCUT2D eigenvalue weighted by atomic mass is 9.46. The topological polar surface area (TPSA) is 99.1 Å². The third kappa shape index (κ3) is 3.16. The molecule has 1 unspecified atom stereocenters. The zero-order chi connectivity index (χ0) is 24.5. The maximum atomic E-state index is 13.7. The van der Waals surface area contributed by atoms with Crippen molar-refractivity contribution in [2.75, 3.05) is 6.61 Å². The van der Waals surface area contributed by atoms with E-state index >= 15 is 0 Å². The van der Waals surface area contributed by atoms with Crippen LogP contribution < -0.4 is 0 Å². The molecule has 1 heterocycles. The van der Waals surface area contributed by atoms with Crippen LogP contribution in [-0.2, 0) is 28.6 Å². The van der Waals surface area contributed by atoms with E-state index < -0.39 is 35.5 Å². The average molecular weight is 473 g/mol. The van der Waals surface area contributed by atoms with Crippen LogP contribution in [0.15, 0.2) is 23.8 Å². The molecule has 4 fully saturated rings. The first-order valence-electron chi connectivity index (χ1n) is 12.7. The number of ketones is 2. The van der Waals surface area contributed by atoms with Gasteiger partial charge >= 0.3 is 5.97 Å². The molecule has 7 heteroatoms. The van der Waals surface area contributed by atoms with Crippen molar-refractivity contribution in [2.24, 2.45) is 28.6 Å². The van der Waals surface area contributed by atoms with Crippen molar-refractivity contribution in [3.8, 4) is 0 Å². The number of allylic oxidation sites excluding steroid dienone is 4. The molecule has 1 saturated heterocycles. The van der Waals surface area contributed by atoms with Crippen molar-refractivity contribution < 1.29 is 33.7 Å². The summed E-state index contributed by atoms with van der Waals surface area (Å²) >= 11 is 0. The number of hydrogen-bond acceptors (Lipinski definition) is 7. The monoisotopic (exact) mass is 472 g/mol. The zero-order valence-corrected chi connectivity index (χ0v) is 20.5. The third-order valence-electron chi connectivity index (χ3n) is 9.63. The molecule has 5 rings (SSSR count). The quantitative estimate of drug-likeness (QED) is 0.613. The largest absolute Gasteiger partial charge is 0.458 e. The van der Waals surface area contributed by atoms with E-state index in [1.165, 1.54) is 6.92 Å². The maximum absolute atomic E-state index is 13.7. The van der Waals surface area contributed by atoms with E-state index in [2.05, 4.69) is 13.8 Å². The van der Waals surface area contributed by atoms with Gasteiger partial charge in [-0.25, -0.2) is 0 Å². The Hall–Kier alpha value is -1.83. The van der Waals surface area contributed by atoms with Crippen LogP contribution in [0.5, 0.6) is 0 Å². The molecule has 7 nitrogen and oxygen atoms in total. The van der Waals surface area contributed by atoms with Crippen LogP contribution in [0.3, 0.4) is 0 Å². The molecule has 5 aliphatic rings. The van der Waals surface area contributed by atoms with E-state index in [4.69, 9.17) is 14.2 Å². The van der Waals surface area contributed by atoms with Gasteiger partial charge in [-0.1, -0.05) is 38.8 Å². The number of aliphatic hydroxyl groups is 1. The molecular weight excluding hydrogens is 436 g/mol. The molecule has 4 aliphatic carbocycles. The molecule has 0 aromatic carbocycles. The van der Waals surface area contributed by atoms with Gasteiger partial charge in [0.05, 0.1) is 12.2 Å². The summed E-state index contributed by atoms with van der Waals surface area (Å²) < 4.78 is 18.0. The van der Waals surface area contributed by atoms with E-state index in [-0.39, 0.29) is 41.3 Å². The number of ether oxygens (including phenoxy) is 3. The van der Waals surface area contributed by atoms with E-state index in [0.717, 1.165) is 24.8 Å². The van der Waals surface area contributed by atoms with Gasteiger partial charge in [0.1, 0.15) is 0 Å². The van der Waals surface area contributed by atoms with E-state index in [9.17, 15) is 19.5 Å². The lowest BCUT2D eigenvalue weighted by Gasteiger charge is -2.59. The SMILES string of the molecule is CCCC1O[C@H]2C[C@@H]3[C@@H]4CCC5=CC(=O)C=C[C@]5(C)[C@@H]4[C@@H](O)C[C@]3(C)[C@]2(C(=O)COC(C)=O)O1. The molecule has 9 atom stereocenters. The van der Waals surface area contributed by atoms with Crippen molar-refractivity contribution in [2.45, 2.75) is 90.3 Å². The molecule has 186 valence electrons. The van der Waals surface area contributed by atoms with Gasteiger partial charge in [0.15, 0.2) is 24.3 Å². The predicted octanol–water partition coefficient (Wildman–Crippen LogP) is 3.29. The molecule has 3 saturated carbocycles. The van der Waals surface area contributed by atoms with Crippen LogP contribution in [0.25, 0.3) is 0 Å². The third-order valence-corrected chi connectivity index (χ3v) is 9.63. The van der Waals surface area contributed by atoms with E-state index in [0.29, 0.717) is 19.3 Å². The van der Waals surface area contributed by atoms with Crippen LogP contribution in [-0.4, -0.2) is 53.3 Å². The Morgan fingerprint density at radius 3 is 2.76 bits per heavy atom. The maximum Gasteiger partial charge on any atom is 0.303 e. The van der Waals surface area contributed by atoms with Crippen LogP contribution >= 0.6 is 0 Å². The first-order chi connectivity index (χ1) is 16.1. The fourth-order valence-corrected chi connectivity index (χ4v) is 8.28. The smallest absolute Gasteiger partial charge is 0.303 e. The molecule has 34 heavy (non-hydrogen) atoms. The normalized spacial score (nSPS) is 46.7.